The Morgan fingerprint density at radius 1 is 1.50 bits per heavy atom. The first-order chi connectivity index (χ1) is 9.76. The third-order valence-corrected chi connectivity index (χ3v) is 3.84. The number of rotatable bonds is 4. The lowest BCUT2D eigenvalue weighted by molar-refractivity contribution is -0.0350. The van der Waals surface area contributed by atoms with E-state index in [4.69, 9.17) is 9.26 Å². The van der Waals surface area contributed by atoms with Gasteiger partial charge in [0.2, 0.25) is 11.7 Å². The molecule has 3 rings (SSSR count). The number of ether oxygens (including phenoxy) is 1. The van der Waals surface area contributed by atoms with Crippen molar-refractivity contribution < 1.29 is 14.4 Å². The van der Waals surface area contributed by atoms with Crippen molar-refractivity contribution in [2.45, 2.75) is 38.0 Å². The molecule has 0 saturated carbocycles. The number of nitrogens with one attached hydrogen (secondary N) is 1. The number of aromatic nitrogens is 2. The molecule has 0 spiro atoms. The number of β-amino-alcohol motifs (C(OH)–C–C–N with tert-alkyl or cyclic N) is 1. The van der Waals surface area contributed by atoms with Crippen LogP contribution in [0.3, 0.4) is 0 Å². The lowest BCUT2D eigenvalue weighted by atomic mass is 10.2. The fourth-order valence-corrected chi connectivity index (χ4v) is 2.80. The van der Waals surface area contributed by atoms with Gasteiger partial charge in [-0.2, -0.15) is 4.98 Å². The van der Waals surface area contributed by atoms with Crippen LogP contribution in [0.15, 0.2) is 4.52 Å². The highest BCUT2D eigenvalue weighted by atomic mass is 16.5. The second-order valence-corrected chi connectivity index (χ2v) is 5.50. The minimum atomic E-state index is -0.332. The summed E-state index contributed by atoms with van der Waals surface area (Å²) in [5.41, 5.74) is 0. The van der Waals surface area contributed by atoms with E-state index in [1.54, 1.807) is 0 Å². The summed E-state index contributed by atoms with van der Waals surface area (Å²) in [5, 5.41) is 16.7. The highest BCUT2D eigenvalue weighted by Crippen LogP contribution is 2.25. The van der Waals surface area contributed by atoms with Crippen LogP contribution in [0.25, 0.3) is 0 Å². The molecule has 1 unspecified atom stereocenters. The summed E-state index contributed by atoms with van der Waals surface area (Å²) in [4.78, 5) is 6.80. The molecular weight excluding hydrogens is 260 g/mol. The van der Waals surface area contributed by atoms with E-state index in [2.05, 4.69) is 27.3 Å². The first-order valence-electron chi connectivity index (χ1n) is 7.35. The minimum Gasteiger partial charge on any atom is -0.392 e. The van der Waals surface area contributed by atoms with Crippen molar-refractivity contribution in [1.29, 1.82) is 0 Å². The molecule has 2 fully saturated rings. The van der Waals surface area contributed by atoms with Gasteiger partial charge in [-0.25, -0.2) is 0 Å². The third-order valence-electron chi connectivity index (χ3n) is 3.84. The maximum absolute atomic E-state index is 9.53. The Kier molecular flexibility index (Phi) is 4.30. The number of morpholine rings is 1. The molecule has 0 aliphatic carbocycles. The van der Waals surface area contributed by atoms with Crippen molar-refractivity contribution in [3.8, 4) is 0 Å². The van der Waals surface area contributed by atoms with Gasteiger partial charge in [0.25, 0.3) is 0 Å². The normalized spacial score (nSPS) is 31.8. The maximum Gasteiger partial charge on any atom is 0.243 e. The molecule has 0 amide bonds. The Hall–Kier alpha value is -1.02. The Balaban J connectivity index is 1.64. The van der Waals surface area contributed by atoms with E-state index in [1.165, 1.54) is 0 Å². The van der Waals surface area contributed by atoms with Crippen molar-refractivity contribution >= 4 is 0 Å². The van der Waals surface area contributed by atoms with Crippen molar-refractivity contribution in [3.63, 3.8) is 0 Å². The summed E-state index contributed by atoms with van der Waals surface area (Å²) in [7, 11) is 0. The van der Waals surface area contributed by atoms with Gasteiger partial charge < -0.3 is 19.7 Å². The molecule has 2 N–H and O–H groups in total. The SMILES string of the molecule is CCCN1CCOC(c2noc([C@@H]3C[C@@H](O)CN3)n2)C1. The highest BCUT2D eigenvalue weighted by Gasteiger charge is 2.31. The lowest BCUT2D eigenvalue weighted by Crippen LogP contribution is -2.39. The van der Waals surface area contributed by atoms with Gasteiger partial charge >= 0.3 is 0 Å². The number of aliphatic hydroxyl groups is 1. The van der Waals surface area contributed by atoms with Gasteiger partial charge in [0.1, 0.15) is 6.10 Å². The van der Waals surface area contributed by atoms with E-state index >= 15 is 0 Å². The number of nitrogens with zero attached hydrogens (tertiary/aromatic N) is 3. The summed E-state index contributed by atoms with van der Waals surface area (Å²) < 4.78 is 11.1. The van der Waals surface area contributed by atoms with Crippen LogP contribution in [0.1, 0.15) is 43.6 Å². The molecule has 7 nitrogen and oxygen atoms in total. The fourth-order valence-electron chi connectivity index (χ4n) is 2.80. The molecule has 0 bridgehead atoms. The minimum absolute atomic E-state index is 0.0402. The van der Waals surface area contributed by atoms with E-state index in [-0.39, 0.29) is 18.2 Å². The van der Waals surface area contributed by atoms with Gasteiger partial charge in [0.05, 0.1) is 18.8 Å². The smallest absolute Gasteiger partial charge is 0.243 e. The molecule has 2 aliphatic rings. The van der Waals surface area contributed by atoms with E-state index < -0.39 is 0 Å². The summed E-state index contributed by atoms with van der Waals surface area (Å²) in [6.45, 7) is 6.30. The van der Waals surface area contributed by atoms with E-state index in [1.807, 2.05) is 0 Å². The van der Waals surface area contributed by atoms with Crippen LogP contribution >= 0.6 is 0 Å². The standard InChI is InChI=1S/C13H22N4O3/c1-2-3-17-4-5-19-11(8-17)12-15-13(20-16-12)10-6-9(18)7-14-10/h9-11,14,18H,2-8H2,1H3/t9-,10+,11?/m1/s1. The van der Waals surface area contributed by atoms with Gasteiger partial charge in [0.15, 0.2) is 0 Å². The largest absolute Gasteiger partial charge is 0.392 e. The first kappa shape index (κ1) is 13.9. The molecule has 7 heteroatoms. The quantitative estimate of drug-likeness (QED) is 0.819. The number of hydrogen-bond donors (Lipinski definition) is 2. The van der Waals surface area contributed by atoms with Gasteiger partial charge in [-0.05, 0) is 19.4 Å². The predicted molar refractivity (Wildman–Crippen MR) is 71.1 cm³/mol. The Morgan fingerprint density at radius 3 is 3.15 bits per heavy atom. The molecule has 2 aliphatic heterocycles. The van der Waals surface area contributed by atoms with Crippen LogP contribution in [-0.2, 0) is 4.74 Å². The molecule has 1 aromatic rings. The van der Waals surface area contributed by atoms with Gasteiger partial charge in [0, 0.05) is 19.6 Å². The van der Waals surface area contributed by atoms with E-state index in [0.717, 1.165) is 26.1 Å². The van der Waals surface area contributed by atoms with Crippen LogP contribution in [0, 0.1) is 0 Å². The van der Waals surface area contributed by atoms with Crippen LogP contribution in [0.4, 0.5) is 0 Å². The summed E-state index contributed by atoms with van der Waals surface area (Å²) in [6.07, 6.45) is 1.31. The van der Waals surface area contributed by atoms with E-state index in [0.29, 0.717) is 31.3 Å². The van der Waals surface area contributed by atoms with Gasteiger partial charge in [-0.3, -0.25) is 4.90 Å². The van der Waals surface area contributed by atoms with Gasteiger partial charge in [-0.1, -0.05) is 12.1 Å². The Bertz CT molecular complexity index is 437. The number of aliphatic hydroxyl groups excluding tert-OH is 1. The molecular formula is C13H22N4O3. The van der Waals surface area contributed by atoms with Crippen molar-refractivity contribution in [3.05, 3.63) is 11.7 Å². The lowest BCUT2D eigenvalue weighted by Gasteiger charge is -2.30. The van der Waals surface area contributed by atoms with Crippen LogP contribution < -0.4 is 5.32 Å². The van der Waals surface area contributed by atoms with Crippen LogP contribution in [0.5, 0.6) is 0 Å². The summed E-state index contributed by atoms with van der Waals surface area (Å²) >= 11 is 0. The van der Waals surface area contributed by atoms with Crippen molar-refractivity contribution in [2.75, 3.05) is 32.8 Å². The molecule has 0 aromatic carbocycles. The maximum atomic E-state index is 9.53. The number of hydrogen-bond acceptors (Lipinski definition) is 7. The van der Waals surface area contributed by atoms with Crippen LogP contribution in [0.2, 0.25) is 0 Å². The molecule has 0 radical (unpaired) electrons. The van der Waals surface area contributed by atoms with Crippen molar-refractivity contribution in [1.82, 2.24) is 20.4 Å². The van der Waals surface area contributed by atoms with Gasteiger partial charge in [-0.15, -0.1) is 0 Å². The zero-order valence-corrected chi connectivity index (χ0v) is 11.8. The molecule has 3 atom stereocenters. The zero-order chi connectivity index (χ0) is 13.9. The average molecular weight is 282 g/mol. The van der Waals surface area contributed by atoms with Crippen LogP contribution in [-0.4, -0.2) is 59.0 Å². The van der Waals surface area contributed by atoms with E-state index in [9.17, 15) is 5.11 Å². The predicted octanol–water partition coefficient (Wildman–Crippen LogP) is 0.248. The second-order valence-electron chi connectivity index (χ2n) is 5.50. The monoisotopic (exact) mass is 282 g/mol. The second kappa shape index (κ2) is 6.17. The first-order valence-corrected chi connectivity index (χ1v) is 7.35. The summed E-state index contributed by atoms with van der Waals surface area (Å²) in [6, 6.07) is -0.0402. The topological polar surface area (TPSA) is 83.7 Å². The fraction of sp³-hybridized carbons (Fsp3) is 0.846. The molecule has 1 aromatic heterocycles. The average Bonchev–Trinajstić information content (AvgIpc) is 3.08. The van der Waals surface area contributed by atoms with Crippen molar-refractivity contribution in [2.24, 2.45) is 0 Å². The third kappa shape index (κ3) is 3.01. The highest BCUT2D eigenvalue weighted by molar-refractivity contribution is 5.00. The zero-order valence-electron chi connectivity index (χ0n) is 11.8. The summed E-state index contributed by atoms with van der Waals surface area (Å²) in [5.74, 6) is 1.16. The Morgan fingerprint density at radius 2 is 2.40 bits per heavy atom. The molecule has 112 valence electrons. The molecule has 2 saturated heterocycles. The molecule has 3 heterocycles. The Labute approximate surface area is 118 Å². The molecule has 20 heavy (non-hydrogen) atoms.